The average Bonchev–Trinajstić information content (AvgIpc) is 2.47. The van der Waals surface area contributed by atoms with Crippen molar-refractivity contribution >= 4 is 38.9 Å². The zero-order chi connectivity index (χ0) is 15.1. The maximum Gasteiger partial charge on any atom is 0.145 e. The minimum absolute atomic E-state index is 0.157. The minimum Gasteiger partial charge on any atom is -0.605 e. The molecule has 0 spiro atoms. The Bertz CT molecular complexity index is 535. The van der Waals surface area contributed by atoms with Crippen molar-refractivity contribution in [1.82, 2.24) is 0 Å². The average molecular weight is 322 g/mol. The molecular formula is C15H18N2O2S2. The Morgan fingerprint density at radius 3 is 2.19 bits per heavy atom. The summed E-state index contributed by atoms with van der Waals surface area (Å²) < 4.78 is 10.9. The Morgan fingerprint density at radius 2 is 1.57 bits per heavy atom. The van der Waals surface area contributed by atoms with Gasteiger partial charge in [-0.25, -0.2) is 0 Å². The Hall–Kier alpha value is -1.34. The molecule has 2 rings (SSSR count). The van der Waals surface area contributed by atoms with E-state index in [0.29, 0.717) is 6.54 Å². The van der Waals surface area contributed by atoms with Gasteiger partial charge in [-0.1, -0.05) is 18.2 Å². The van der Waals surface area contributed by atoms with Crippen LogP contribution in [0.5, 0.6) is 0 Å². The molecule has 4 nitrogen and oxygen atoms in total. The smallest absolute Gasteiger partial charge is 0.145 e. The summed E-state index contributed by atoms with van der Waals surface area (Å²) in [7, 11) is -1.29. The topological polar surface area (TPSA) is 67.3 Å². The van der Waals surface area contributed by atoms with E-state index >= 15 is 0 Å². The normalized spacial score (nSPS) is 13.5. The van der Waals surface area contributed by atoms with Gasteiger partial charge in [0.05, 0.1) is 11.7 Å². The standard InChI is InChI=1S/C15H18N2O2S2/c18-15(11-21(19)20)10-16-12-6-8-14(9-7-12)17-13-4-2-1-3-5-13/h1-9,15-18H,10-11H2,(H,19,20). The van der Waals surface area contributed by atoms with Crippen LogP contribution in [-0.2, 0) is 10.2 Å². The molecule has 112 valence electrons. The molecule has 0 aliphatic rings. The second kappa shape index (κ2) is 8.19. The van der Waals surface area contributed by atoms with Gasteiger partial charge in [0.15, 0.2) is 0 Å². The molecule has 0 radical (unpaired) electrons. The number of hydrogen-bond donors (Lipinski definition) is 4. The molecule has 21 heavy (non-hydrogen) atoms. The van der Waals surface area contributed by atoms with Gasteiger partial charge in [0, 0.05) is 33.8 Å². The first kappa shape index (κ1) is 16.0. The summed E-state index contributed by atoms with van der Waals surface area (Å²) in [6.07, 6.45) is -0.676. The first-order chi connectivity index (χ1) is 10.1. The summed E-state index contributed by atoms with van der Waals surface area (Å²) in [5, 5.41) is 16.0. The Labute approximate surface area is 132 Å². The van der Waals surface area contributed by atoms with Crippen LogP contribution in [0.1, 0.15) is 0 Å². The van der Waals surface area contributed by atoms with Crippen LogP contribution >= 0.6 is 11.7 Å². The molecule has 2 aromatic rings. The van der Waals surface area contributed by atoms with Gasteiger partial charge < -0.3 is 20.3 Å². The summed E-state index contributed by atoms with van der Waals surface area (Å²) in [5.74, 6) is 0.157. The number of aliphatic hydroxyl groups excluding tert-OH is 1. The summed E-state index contributed by atoms with van der Waals surface area (Å²) in [4.78, 5) is 0. The van der Waals surface area contributed by atoms with E-state index in [9.17, 15) is 9.66 Å². The van der Waals surface area contributed by atoms with Crippen molar-refractivity contribution in [2.75, 3.05) is 22.9 Å². The van der Waals surface area contributed by atoms with E-state index in [1.807, 2.05) is 54.6 Å². The number of hydrogen-bond acceptors (Lipinski definition) is 5. The van der Waals surface area contributed by atoms with E-state index in [4.69, 9.17) is 0 Å². The lowest BCUT2D eigenvalue weighted by Crippen LogP contribution is -2.26. The molecule has 2 aromatic carbocycles. The van der Waals surface area contributed by atoms with Crippen molar-refractivity contribution in [3.05, 3.63) is 54.6 Å². The number of benzene rings is 2. The number of nitrogens with one attached hydrogen (secondary N) is 2. The monoisotopic (exact) mass is 322 g/mol. The molecule has 0 fully saturated rings. The van der Waals surface area contributed by atoms with Crippen molar-refractivity contribution < 1.29 is 9.66 Å². The van der Waals surface area contributed by atoms with E-state index in [1.54, 1.807) is 0 Å². The molecule has 0 bridgehead atoms. The van der Waals surface area contributed by atoms with Gasteiger partial charge in [-0.15, -0.1) is 0 Å². The highest BCUT2D eigenvalue weighted by Crippen LogP contribution is 2.18. The zero-order valence-corrected chi connectivity index (χ0v) is 13.1. The SMILES string of the molecule is [O-][S+](S)CC(O)CNc1ccc(Nc2ccccc2)cc1. The lowest BCUT2D eigenvalue weighted by atomic mass is 10.2. The first-order valence-electron chi connectivity index (χ1n) is 6.55. The highest BCUT2D eigenvalue weighted by atomic mass is 33.1. The Balaban J connectivity index is 1.84. The van der Waals surface area contributed by atoms with Crippen molar-refractivity contribution in [3.8, 4) is 0 Å². The van der Waals surface area contributed by atoms with E-state index in [1.165, 1.54) is 0 Å². The van der Waals surface area contributed by atoms with Crippen LogP contribution in [0.4, 0.5) is 17.1 Å². The van der Waals surface area contributed by atoms with E-state index in [2.05, 4.69) is 22.3 Å². The number of aliphatic hydroxyl groups is 1. The molecule has 2 atom stereocenters. The van der Waals surface area contributed by atoms with Gasteiger partial charge >= 0.3 is 0 Å². The second-order valence-electron chi connectivity index (χ2n) is 4.59. The molecule has 3 N–H and O–H groups in total. The zero-order valence-electron chi connectivity index (χ0n) is 11.4. The predicted molar refractivity (Wildman–Crippen MR) is 92.7 cm³/mol. The summed E-state index contributed by atoms with van der Waals surface area (Å²) >= 11 is 3.75. The third kappa shape index (κ3) is 5.89. The molecule has 0 aromatic heterocycles. The van der Waals surface area contributed by atoms with E-state index < -0.39 is 16.3 Å². The molecule has 6 heteroatoms. The maximum absolute atomic E-state index is 10.9. The largest absolute Gasteiger partial charge is 0.605 e. The van der Waals surface area contributed by atoms with Crippen molar-refractivity contribution in [2.45, 2.75) is 6.10 Å². The number of thiol groups is 1. The fraction of sp³-hybridized carbons (Fsp3) is 0.200. The molecule has 0 aliphatic carbocycles. The second-order valence-corrected chi connectivity index (χ2v) is 6.79. The van der Waals surface area contributed by atoms with Gasteiger partial charge in [-0.3, -0.25) is 0 Å². The molecular weight excluding hydrogens is 304 g/mol. The number of rotatable bonds is 7. The quantitative estimate of drug-likeness (QED) is 0.359. The van der Waals surface area contributed by atoms with Gasteiger partial charge in [0.2, 0.25) is 0 Å². The number of para-hydroxylation sites is 1. The van der Waals surface area contributed by atoms with Gasteiger partial charge in [-0.2, -0.15) is 0 Å². The lowest BCUT2D eigenvalue weighted by Gasteiger charge is -2.13. The predicted octanol–water partition coefficient (Wildman–Crippen LogP) is 2.80. The van der Waals surface area contributed by atoms with Crippen LogP contribution in [0, 0.1) is 0 Å². The van der Waals surface area contributed by atoms with Crippen molar-refractivity contribution in [1.29, 1.82) is 0 Å². The molecule has 2 unspecified atom stereocenters. The minimum atomic E-state index is -1.29. The highest BCUT2D eigenvalue weighted by molar-refractivity contribution is 8.63. The van der Waals surface area contributed by atoms with E-state index in [0.717, 1.165) is 17.1 Å². The van der Waals surface area contributed by atoms with Crippen LogP contribution in [0.25, 0.3) is 0 Å². The highest BCUT2D eigenvalue weighted by Gasteiger charge is 2.10. The third-order valence-electron chi connectivity index (χ3n) is 2.82. The fourth-order valence-corrected chi connectivity index (χ4v) is 2.78. The fourth-order valence-electron chi connectivity index (χ4n) is 1.82. The van der Waals surface area contributed by atoms with Gasteiger partial charge in [0.1, 0.15) is 11.9 Å². The van der Waals surface area contributed by atoms with Crippen LogP contribution in [0.3, 0.4) is 0 Å². The van der Waals surface area contributed by atoms with Crippen molar-refractivity contribution in [3.63, 3.8) is 0 Å². The number of anilines is 3. The molecule has 0 saturated carbocycles. The first-order valence-corrected chi connectivity index (χ1v) is 8.92. The molecule has 0 heterocycles. The Morgan fingerprint density at radius 1 is 1.00 bits per heavy atom. The van der Waals surface area contributed by atoms with Crippen LogP contribution in [0.2, 0.25) is 0 Å². The summed E-state index contributed by atoms with van der Waals surface area (Å²) in [6.45, 7) is 0.345. The molecule has 0 amide bonds. The molecule has 0 saturated heterocycles. The van der Waals surface area contributed by atoms with Gasteiger partial charge in [0.25, 0.3) is 0 Å². The van der Waals surface area contributed by atoms with Gasteiger partial charge in [-0.05, 0) is 36.4 Å². The third-order valence-corrected chi connectivity index (χ3v) is 3.94. The summed E-state index contributed by atoms with van der Waals surface area (Å²) in [5.41, 5.74) is 2.92. The molecule has 0 aliphatic heterocycles. The summed E-state index contributed by atoms with van der Waals surface area (Å²) in [6, 6.07) is 17.7. The van der Waals surface area contributed by atoms with Crippen LogP contribution < -0.4 is 10.6 Å². The van der Waals surface area contributed by atoms with E-state index in [-0.39, 0.29) is 5.75 Å². The lowest BCUT2D eigenvalue weighted by molar-refractivity contribution is 0.211. The maximum atomic E-state index is 10.9. The van der Waals surface area contributed by atoms with Crippen LogP contribution in [0.15, 0.2) is 54.6 Å². The Kier molecular flexibility index (Phi) is 6.25. The van der Waals surface area contributed by atoms with Crippen molar-refractivity contribution in [2.24, 2.45) is 0 Å². The van der Waals surface area contributed by atoms with Crippen LogP contribution in [-0.4, -0.2) is 28.1 Å².